The lowest BCUT2D eigenvalue weighted by Gasteiger charge is -2.38. The Morgan fingerprint density at radius 3 is 2.16 bits per heavy atom. The average molecular weight is 443 g/mol. The molecule has 2 aliphatic rings. The number of hydrogen-bond acceptors (Lipinski definition) is 1. The topological polar surface area (TPSA) is 9.23 Å². The molecule has 176 valence electrons. The Balaban J connectivity index is 1.34. The van der Waals surface area contributed by atoms with E-state index in [4.69, 9.17) is 4.74 Å². The molecule has 0 amide bonds. The third kappa shape index (κ3) is 5.29. The number of benzene rings is 2. The standard InChI is InChI=1S/C29H40F2O/c1-3-5-6-7-20-8-10-21(11-9-20)22-12-14-23(15-13-22)24-16-17-25-19-27(32-4-2)29(31)28(30)26(25)18-24/h16-23H,3-15H2,1-2H3. The lowest BCUT2D eigenvalue weighted by molar-refractivity contribution is 0.155. The van der Waals surface area contributed by atoms with Gasteiger partial charge in [0.25, 0.3) is 0 Å². The van der Waals surface area contributed by atoms with Crippen LogP contribution in [0.3, 0.4) is 0 Å². The van der Waals surface area contributed by atoms with Gasteiger partial charge in [0, 0.05) is 5.39 Å². The van der Waals surface area contributed by atoms with E-state index in [1.165, 1.54) is 77.0 Å². The van der Waals surface area contributed by atoms with Crippen molar-refractivity contribution in [2.45, 2.75) is 96.8 Å². The van der Waals surface area contributed by atoms with Gasteiger partial charge in [0.15, 0.2) is 11.6 Å². The first-order chi connectivity index (χ1) is 15.6. The second kappa shape index (κ2) is 11.0. The molecule has 0 radical (unpaired) electrons. The van der Waals surface area contributed by atoms with Crippen molar-refractivity contribution in [3.05, 3.63) is 41.5 Å². The van der Waals surface area contributed by atoms with Crippen molar-refractivity contribution < 1.29 is 13.5 Å². The molecule has 4 rings (SSSR count). The van der Waals surface area contributed by atoms with Gasteiger partial charge in [-0.05, 0) is 92.2 Å². The highest BCUT2D eigenvalue weighted by molar-refractivity contribution is 5.85. The zero-order chi connectivity index (χ0) is 22.5. The van der Waals surface area contributed by atoms with Crippen LogP contribution in [0.5, 0.6) is 5.75 Å². The van der Waals surface area contributed by atoms with E-state index >= 15 is 0 Å². The van der Waals surface area contributed by atoms with Crippen molar-refractivity contribution in [3.63, 3.8) is 0 Å². The fourth-order valence-corrected chi connectivity index (χ4v) is 6.39. The Kier molecular flexibility index (Phi) is 8.07. The molecule has 32 heavy (non-hydrogen) atoms. The second-order valence-electron chi connectivity index (χ2n) is 10.3. The largest absolute Gasteiger partial charge is 0.491 e. The third-order valence-electron chi connectivity index (χ3n) is 8.33. The molecule has 2 aliphatic carbocycles. The maximum Gasteiger partial charge on any atom is 0.201 e. The van der Waals surface area contributed by atoms with E-state index in [1.54, 1.807) is 13.0 Å². The van der Waals surface area contributed by atoms with Gasteiger partial charge in [-0.25, -0.2) is 4.39 Å². The van der Waals surface area contributed by atoms with Crippen LogP contribution in [0.2, 0.25) is 0 Å². The van der Waals surface area contributed by atoms with E-state index < -0.39 is 11.6 Å². The predicted molar refractivity (Wildman–Crippen MR) is 129 cm³/mol. The highest BCUT2D eigenvalue weighted by atomic mass is 19.2. The summed E-state index contributed by atoms with van der Waals surface area (Å²) in [6, 6.07) is 7.55. The van der Waals surface area contributed by atoms with Crippen LogP contribution in [-0.2, 0) is 0 Å². The van der Waals surface area contributed by atoms with Gasteiger partial charge in [0.1, 0.15) is 0 Å². The SMILES string of the molecule is CCCCCC1CCC(C2CCC(c3ccc4cc(OCC)c(F)c(F)c4c3)CC2)CC1. The molecular formula is C29H40F2O. The molecule has 0 atom stereocenters. The minimum absolute atomic E-state index is 0.00541. The number of rotatable bonds is 8. The number of hydrogen-bond donors (Lipinski definition) is 0. The molecular weight excluding hydrogens is 402 g/mol. The molecule has 0 unspecified atom stereocenters. The number of unbranched alkanes of at least 4 members (excludes halogenated alkanes) is 2. The Morgan fingerprint density at radius 2 is 1.50 bits per heavy atom. The minimum Gasteiger partial charge on any atom is -0.491 e. The van der Waals surface area contributed by atoms with Crippen molar-refractivity contribution >= 4 is 10.8 Å². The molecule has 0 saturated heterocycles. The summed E-state index contributed by atoms with van der Waals surface area (Å²) in [5, 5.41) is 1.09. The Bertz CT molecular complexity index is 876. The molecule has 0 heterocycles. The van der Waals surface area contributed by atoms with Crippen LogP contribution in [0.4, 0.5) is 8.78 Å². The van der Waals surface area contributed by atoms with Crippen molar-refractivity contribution in [1.82, 2.24) is 0 Å². The first kappa shape index (κ1) is 23.5. The second-order valence-corrected chi connectivity index (χ2v) is 10.3. The summed E-state index contributed by atoms with van der Waals surface area (Å²) in [6.07, 6.45) is 16.2. The van der Waals surface area contributed by atoms with Crippen LogP contribution in [0, 0.1) is 29.4 Å². The molecule has 2 saturated carbocycles. The summed E-state index contributed by atoms with van der Waals surface area (Å²) in [7, 11) is 0. The van der Waals surface area contributed by atoms with E-state index in [-0.39, 0.29) is 5.75 Å². The first-order valence-electron chi connectivity index (χ1n) is 13.1. The van der Waals surface area contributed by atoms with Crippen LogP contribution >= 0.6 is 0 Å². The van der Waals surface area contributed by atoms with Crippen LogP contribution < -0.4 is 4.74 Å². The molecule has 0 bridgehead atoms. The normalized spacial score (nSPS) is 26.4. The minimum atomic E-state index is -0.870. The molecule has 3 heteroatoms. The molecule has 1 nitrogen and oxygen atoms in total. The summed E-state index contributed by atoms with van der Waals surface area (Å²) in [5.41, 5.74) is 1.16. The maximum absolute atomic E-state index is 14.7. The highest BCUT2D eigenvalue weighted by Crippen LogP contribution is 2.45. The summed E-state index contributed by atoms with van der Waals surface area (Å²) in [4.78, 5) is 0. The molecule has 0 spiro atoms. The van der Waals surface area contributed by atoms with Crippen molar-refractivity contribution in [2.75, 3.05) is 6.61 Å². The zero-order valence-electron chi connectivity index (χ0n) is 20.0. The molecule has 2 aromatic rings. The van der Waals surface area contributed by atoms with E-state index in [1.807, 2.05) is 12.1 Å². The van der Waals surface area contributed by atoms with Crippen LogP contribution in [0.1, 0.15) is 102 Å². The number of fused-ring (bicyclic) bond motifs is 1. The lowest BCUT2D eigenvalue weighted by Crippen LogP contribution is -2.25. The van der Waals surface area contributed by atoms with Crippen LogP contribution in [0.15, 0.2) is 24.3 Å². The Morgan fingerprint density at radius 1 is 0.812 bits per heavy atom. The molecule has 0 aromatic heterocycles. The van der Waals surface area contributed by atoms with Gasteiger partial charge < -0.3 is 4.74 Å². The van der Waals surface area contributed by atoms with Gasteiger partial charge in [-0.15, -0.1) is 0 Å². The van der Waals surface area contributed by atoms with E-state index in [9.17, 15) is 8.78 Å². The molecule has 0 N–H and O–H groups in total. The summed E-state index contributed by atoms with van der Waals surface area (Å²) < 4.78 is 34.3. The van der Waals surface area contributed by atoms with Crippen molar-refractivity contribution in [2.24, 2.45) is 17.8 Å². The van der Waals surface area contributed by atoms with Gasteiger partial charge in [-0.2, -0.15) is 4.39 Å². The van der Waals surface area contributed by atoms with Crippen molar-refractivity contribution in [1.29, 1.82) is 0 Å². The smallest absolute Gasteiger partial charge is 0.201 e. The van der Waals surface area contributed by atoms with Gasteiger partial charge >= 0.3 is 0 Å². The monoisotopic (exact) mass is 442 g/mol. The Hall–Kier alpha value is -1.64. The summed E-state index contributed by atoms with van der Waals surface area (Å²) >= 11 is 0. The summed E-state index contributed by atoms with van der Waals surface area (Å²) in [6.45, 7) is 4.39. The van der Waals surface area contributed by atoms with Gasteiger partial charge in [-0.3, -0.25) is 0 Å². The van der Waals surface area contributed by atoms with E-state index in [0.29, 0.717) is 23.3 Å². The van der Waals surface area contributed by atoms with E-state index in [2.05, 4.69) is 13.0 Å². The molecule has 0 aliphatic heterocycles. The third-order valence-corrected chi connectivity index (χ3v) is 8.33. The fraction of sp³-hybridized carbons (Fsp3) is 0.655. The number of halogens is 2. The quantitative estimate of drug-likeness (QED) is 0.370. The fourth-order valence-electron chi connectivity index (χ4n) is 6.39. The van der Waals surface area contributed by atoms with Crippen LogP contribution in [-0.4, -0.2) is 6.61 Å². The highest BCUT2D eigenvalue weighted by Gasteiger charge is 2.31. The zero-order valence-corrected chi connectivity index (χ0v) is 20.0. The number of ether oxygens (including phenoxy) is 1. The summed E-state index contributed by atoms with van der Waals surface area (Å²) in [5.74, 6) is 1.58. The Labute approximate surface area is 192 Å². The van der Waals surface area contributed by atoms with Gasteiger partial charge in [0.2, 0.25) is 5.82 Å². The molecule has 2 aromatic carbocycles. The van der Waals surface area contributed by atoms with Gasteiger partial charge in [-0.1, -0.05) is 57.6 Å². The van der Waals surface area contributed by atoms with Crippen LogP contribution in [0.25, 0.3) is 10.8 Å². The van der Waals surface area contributed by atoms with E-state index in [0.717, 1.165) is 23.3 Å². The molecule has 2 fully saturated rings. The average Bonchev–Trinajstić information content (AvgIpc) is 2.83. The predicted octanol–water partition coefficient (Wildman–Crippen LogP) is 9.18. The van der Waals surface area contributed by atoms with Gasteiger partial charge in [0.05, 0.1) is 6.61 Å². The first-order valence-corrected chi connectivity index (χ1v) is 13.1. The van der Waals surface area contributed by atoms with Crippen molar-refractivity contribution in [3.8, 4) is 5.75 Å². The lowest BCUT2D eigenvalue weighted by atomic mass is 9.68. The maximum atomic E-state index is 14.7.